The maximum atomic E-state index is 13.2. The van der Waals surface area contributed by atoms with Gasteiger partial charge in [0, 0.05) is 42.0 Å². The highest BCUT2D eigenvalue weighted by atomic mass is 32.2. The molecule has 11 heteroatoms. The van der Waals surface area contributed by atoms with Crippen LogP contribution < -0.4 is 20.3 Å². The first-order valence-corrected chi connectivity index (χ1v) is 10.3. The molecule has 0 saturated carbocycles. The van der Waals surface area contributed by atoms with E-state index in [2.05, 4.69) is 15.5 Å². The molecule has 2 aromatic heterocycles. The Balaban J connectivity index is 1.49. The Morgan fingerprint density at radius 3 is 2.41 bits per heavy atom. The molecule has 0 aliphatic rings. The fraction of sp³-hybridized carbons (Fsp3) is 0.143. The Morgan fingerprint density at radius 1 is 1.06 bits per heavy atom. The van der Waals surface area contributed by atoms with Gasteiger partial charge in [-0.2, -0.15) is 0 Å². The number of hydrogen-bond donors (Lipinski definition) is 1. The van der Waals surface area contributed by atoms with Crippen molar-refractivity contribution in [1.29, 1.82) is 0 Å². The summed E-state index contributed by atoms with van der Waals surface area (Å²) in [6.45, 7) is 0. The maximum absolute atomic E-state index is 13.2. The zero-order valence-electron chi connectivity index (χ0n) is 17.1. The number of hydrogen-bond acceptors (Lipinski definition) is 7. The normalized spacial score (nSPS) is 10.8. The number of carbonyl (C=O) groups is 1. The number of anilines is 1. The van der Waals surface area contributed by atoms with Gasteiger partial charge >= 0.3 is 5.56 Å². The number of carbonyl (C=O) groups excluding carboxylic acids is 1. The topological polar surface area (TPSA) is 99.8 Å². The van der Waals surface area contributed by atoms with E-state index in [1.807, 2.05) is 0 Å². The minimum Gasteiger partial charge on any atom is -0.497 e. The molecule has 0 unspecified atom stereocenters. The van der Waals surface area contributed by atoms with Crippen LogP contribution in [0.5, 0.6) is 11.5 Å². The van der Waals surface area contributed by atoms with E-state index < -0.39 is 11.4 Å². The van der Waals surface area contributed by atoms with Gasteiger partial charge in [-0.3, -0.25) is 18.6 Å². The lowest BCUT2D eigenvalue weighted by Gasteiger charge is -2.09. The molecule has 0 atom stereocenters. The van der Waals surface area contributed by atoms with Crippen LogP contribution >= 0.6 is 11.8 Å². The molecular weight excluding hydrogens is 437 g/mol. The molecule has 2 aromatic carbocycles. The van der Waals surface area contributed by atoms with Crippen molar-refractivity contribution in [3.8, 4) is 17.2 Å². The van der Waals surface area contributed by atoms with Crippen LogP contribution in [0.15, 0.2) is 64.8 Å². The molecule has 164 valence electrons. The Morgan fingerprint density at radius 2 is 1.75 bits per heavy atom. The number of rotatable bonds is 7. The molecule has 0 spiro atoms. The molecule has 0 radical (unpaired) electrons. The van der Waals surface area contributed by atoms with E-state index >= 15 is 0 Å². The van der Waals surface area contributed by atoms with Gasteiger partial charge in [0.2, 0.25) is 11.6 Å². The number of nitrogens with one attached hydrogen (secondary N) is 1. The quantitative estimate of drug-likeness (QED) is 0.428. The van der Waals surface area contributed by atoms with Gasteiger partial charge in [-0.1, -0.05) is 11.8 Å². The van der Waals surface area contributed by atoms with Crippen LogP contribution in [0.3, 0.4) is 0 Å². The first kappa shape index (κ1) is 21.4. The van der Waals surface area contributed by atoms with Gasteiger partial charge in [-0.05, 0) is 24.3 Å². The van der Waals surface area contributed by atoms with E-state index in [-0.39, 0.29) is 17.3 Å². The van der Waals surface area contributed by atoms with E-state index in [1.54, 1.807) is 30.6 Å². The number of nitrogens with zero attached hydrogens (tertiary/aromatic N) is 4. The predicted octanol–water partition coefficient (Wildman–Crippen LogP) is 2.77. The third-order valence-electron chi connectivity index (χ3n) is 4.51. The van der Waals surface area contributed by atoms with E-state index in [4.69, 9.17) is 9.47 Å². The Kier molecular flexibility index (Phi) is 6.08. The van der Waals surface area contributed by atoms with Crippen molar-refractivity contribution in [3.05, 3.63) is 71.0 Å². The summed E-state index contributed by atoms with van der Waals surface area (Å²) >= 11 is 1.13. The number of amides is 1. The molecule has 4 rings (SSSR count). The fourth-order valence-corrected chi connectivity index (χ4v) is 3.69. The highest BCUT2D eigenvalue weighted by Gasteiger charge is 2.14. The van der Waals surface area contributed by atoms with Crippen molar-refractivity contribution in [3.63, 3.8) is 0 Å². The summed E-state index contributed by atoms with van der Waals surface area (Å²) in [6, 6.07) is 10.6. The number of ether oxygens (including phenoxy) is 2. The number of halogens is 1. The molecule has 0 bridgehead atoms. The molecule has 0 aliphatic carbocycles. The number of fused-ring (bicyclic) bond motifs is 1. The molecule has 9 nitrogen and oxygen atoms in total. The van der Waals surface area contributed by atoms with Gasteiger partial charge in [0.25, 0.3) is 0 Å². The molecule has 2 heterocycles. The molecule has 0 fully saturated rings. The minimum absolute atomic E-state index is 0.0430. The number of thioether (sulfide) groups is 1. The van der Waals surface area contributed by atoms with Crippen LogP contribution in [0.25, 0.3) is 11.3 Å². The van der Waals surface area contributed by atoms with E-state index in [1.165, 1.54) is 47.5 Å². The van der Waals surface area contributed by atoms with Gasteiger partial charge in [0.15, 0.2) is 5.16 Å². The average Bonchev–Trinajstić information content (AvgIpc) is 3.22. The van der Waals surface area contributed by atoms with Crippen LogP contribution in [0.2, 0.25) is 0 Å². The fourth-order valence-electron chi connectivity index (χ4n) is 2.98. The second-order valence-electron chi connectivity index (χ2n) is 6.56. The van der Waals surface area contributed by atoms with Gasteiger partial charge in [-0.25, -0.2) is 4.39 Å². The summed E-state index contributed by atoms with van der Waals surface area (Å²) in [6.07, 6.45) is 3.16. The SMILES string of the molecule is COc1cc(NC(=O)CSc2nnc3c(=O)n(-c4ccc(F)cc4)ccn23)cc(OC)c1. The first-order valence-electron chi connectivity index (χ1n) is 9.36. The summed E-state index contributed by atoms with van der Waals surface area (Å²) in [5.74, 6) is 0.472. The predicted molar refractivity (Wildman–Crippen MR) is 117 cm³/mol. The van der Waals surface area contributed by atoms with E-state index in [0.717, 1.165) is 11.8 Å². The van der Waals surface area contributed by atoms with Crippen molar-refractivity contribution < 1.29 is 18.7 Å². The van der Waals surface area contributed by atoms with Gasteiger partial charge < -0.3 is 14.8 Å². The molecular formula is C21H18FN5O4S. The van der Waals surface area contributed by atoms with Crippen molar-refractivity contribution in [2.24, 2.45) is 0 Å². The van der Waals surface area contributed by atoms with Crippen LogP contribution in [-0.2, 0) is 4.79 Å². The van der Waals surface area contributed by atoms with Crippen molar-refractivity contribution in [1.82, 2.24) is 19.2 Å². The smallest absolute Gasteiger partial charge is 0.300 e. The zero-order valence-corrected chi connectivity index (χ0v) is 17.9. The van der Waals surface area contributed by atoms with E-state index in [0.29, 0.717) is 28.0 Å². The standard InChI is InChI=1S/C21H18FN5O4S/c1-30-16-9-14(10-17(11-16)31-2)23-18(28)12-32-21-25-24-19-20(29)26(7-8-27(19)21)15-5-3-13(22)4-6-15/h3-11H,12H2,1-2H3,(H,23,28). The van der Waals surface area contributed by atoms with Crippen molar-refractivity contribution in [2.75, 3.05) is 25.3 Å². The first-order chi connectivity index (χ1) is 15.5. The summed E-state index contributed by atoms with van der Waals surface area (Å²) in [5.41, 5.74) is 0.716. The largest absolute Gasteiger partial charge is 0.497 e. The summed E-state index contributed by atoms with van der Waals surface area (Å²) in [5, 5.41) is 11.1. The van der Waals surface area contributed by atoms with Crippen LogP contribution in [-0.4, -0.2) is 45.0 Å². The molecule has 1 amide bonds. The lowest BCUT2D eigenvalue weighted by atomic mass is 10.2. The lowest BCUT2D eigenvalue weighted by Crippen LogP contribution is -2.20. The molecule has 32 heavy (non-hydrogen) atoms. The van der Waals surface area contributed by atoms with E-state index in [9.17, 15) is 14.0 Å². The van der Waals surface area contributed by atoms with Crippen molar-refractivity contribution >= 4 is 29.0 Å². The number of aromatic nitrogens is 4. The second kappa shape index (κ2) is 9.10. The average molecular weight is 455 g/mol. The maximum Gasteiger partial charge on any atom is 0.300 e. The van der Waals surface area contributed by atoms with Crippen LogP contribution in [0, 0.1) is 5.82 Å². The van der Waals surface area contributed by atoms with Gasteiger partial charge in [0.1, 0.15) is 17.3 Å². The van der Waals surface area contributed by atoms with Crippen molar-refractivity contribution in [2.45, 2.75) is 5.16 Å². The summed E-state index contributed by atoms with van der Waals surface area (Å²) in [4.78, 5) is 25.2. The van der Waals surface area contributed by atoms with Crippen LogP contribution in [0.1, 0.15) is 0 Å². The monoisotopic (exact) mass is 455 g/mol. The van der Waals surface area contributed by atoms with Gasteiger partial charge in [-0.15, -0.1) is 10.2 Å². The third kappa shape index (κ3) is 4.42. The summed E-state index contributed by atoms with van der Waals surface area (Å²) < 4.78 is 26.4. The Bertz CT molecular complexity index is 1310. The molecule has 4 aromatic rings. The molecule has 0 saturated heterocycles. The van der Waals surface area contributed by atoms with Gasteiger partial charge in [0.05, 0.1) is 20.0 Å². The highest BCUT2D eigenvalue weighted by molar-refractivity contribution is 7.99. The number of methoxy groups -OCH3 is 2. The second-order valence-corrected chi connectivity index (χ2v) is 7.51. The zero-order chi connectivity index (χ0) is 22.7. The third-order valence-corrected chi connectivity index (χ3v) is 5.45. The Hall–Kier alpha value is -3.86. The minimum atomic E-state index is -0.411. The Labute approximate surface area is 185 Å². The van der Waals surface area contributed by atoms with Crippen LogP contribution in [0.4, 0.5) is 10.1 Å². The molecule has 0 aliphatic heterocycles. The summed E-state index contributed by atoms with van der Waals surface area (Å²) in [7, 11) is 3.05. The lowest BCUT2D eigenvalue weighted by molar-refractivity contribution is -0.113. The molecule has 1 N–H and O–H groups in total. The highest BCUT2D eigenvalue weighted by Crippen LogP contribution is 2.26. The number of benzene rings is 2.